The molecular weight excluding hydrogens is 314 g/mol. The van der Waals surface area contributed by atoms with Crippen molar-refractivity contribution in [2.24, 2.45) is 0 Å². The average molecular weight is 340 g/mol. The molecule has 1 amide bonds. The van der Waals surface area contributed by atoms with Gasteiger partial charge in [0.1, 0.15) is 0 Å². The van der Waals surface area contributed by atoms with Gasteiger partial charge in [0.15, 0.2) is 0 Å². The predicted molar refractivity (Wildman–Crippen MR) is 101 cm³/mol. The molecule has 1 saturated heterocycles. The zero-order valence-electron chi connectivity index (χ0n) is 14.4. The summed E-state index contributed by atoms with van der Waals surface area (Å²) in [6.45, 7) is 5.79. The lowest BCUT2D eigenvalue weighted by molar-refractivity contribution is -0.134. The van der Waals surface area contributed by atoms with Crippen LogP contribution in [0.1, 0.15) is 38.2 Å². The van der Waals surface area contributed by atoms with Crippen LogP contribution in [0.3, 0.4) is 0 Å². The number of hydrogen-bond donors (Lipinski definition) is 0. The molecule has 1 unspecified atom stereocenters. The van der Waals surface area contributed by atoms with Crippen LogP contribution in [-0.2, 0) is 4.79 Å². The van der Waals surface area contributed by atoms with E-state index in [2.05, 4.69) is 47.4 Å². The van der Waals surface area contributed by atoms with Crippen molar-refractivity contribution >= 4 is 17.7 Å². The molecule has 1 aliphatic heterocycles. The molecule has 126 valence electrons. The van der Waals surface area contributed by atoms with E-state index < -0.39 is 4.75 Å². The Bertz CT molecular complexity index is 669. The summed E-state index contributed by atoms with van der Waals surface area (Å²) in [5.41, 5.74) is 1.35. The fourth-order valence-electron chi connectivity index (χ4n) is 3.37. The Labute approximate surface area is 149 Å². The second kappa shape index (κ2) is 7.43. The van der Waals surface area contributed by atoms with E-state index in [4.69, 9.17) is 0 Å². The summed E-state index contributed by atoms with van der Waals surface area (Å²) in [5.74, 6) is 0.707. The molecule has 3 heteroatoms. The minimum absolute atomic E-state index is 0.247. The summed E-state index contributed by atoms with van der Waals surface area (Å²) in [6, 6.07) is 20.8. The van der Waals surface area contributed by atoms with E-state index in [1.54, 1.807) is 11.8 Å². The number of likely N-dealkylation sites (tertiary alicyclic amines) is 1. The van der Waals surface area contributed by atoms with Crippen LogP contribution in [0.15, 0.2) is 65.6 Å². The molecule has 2 nitrogen and oxygen atoms in total. The number of carbonyl (C=O) groups is 1. The van der Waals surface area contributed by atoms with Gasteiger partial charge in [-0.05, 0) is 44.4 Å². The molecule has 1 heterocycles. The van der Waals surface area contributed by atoms with Gasteiger partial charge in [0.05, 0.1) is 4.75 Å². The Kier molecular flexibility index (Phi) is 5.30. The Morgan fingerprint density at radius 2 is 1.67 bits per heavy atom. The number of thioether (sulfide) groups is 1. The minimum Gasteiger partial charge on any atom is -0.341 e. The maximum Gasteiger partial charge on any atom is 0.238 e. The van der Waals surface area contributed by atoms with Crippen LogP contribution in [0, 0.1) is 0 Å². The first-order valence-corrected chi connectivity index (χ1v) is 9.46. The molecule has 0 radical (unpaired) electrons. The number of piperidine rings is 1. The van der Waals surface area contributed by atoms with Gasteiger partial charge in [0.2, 0.25) is 5.91 Å². The first-order chi connectivity index (χ1) is 11.6. The molecule has 24 heavy (non-hydrogen) atoms. The van der Waals surface area contributed by atoms with Crippen LogP contribution in [0.2, 0.25) is 0 Å². The zero-order valence-corrected chi connectivity index (χ0v) is 15.3. The number of nitrogens with zero attached hydrogens (tertiary/aromatic N) is 1. The third-order valence-corrected chi connectivity index (χ3v) is 5.80. The smallest absolute Gasteiger partial charge is 0.238 e. The van der Waals surface area contributed by atoms with Gasteiger partial charge in [-0.25, -0.2) is 0 Å². The Hall–Kier alpha value is -1.74. The Morgan fingerprint density at radius 3 is 2.33 bits per heavy atom. The number of amides is 1. The average Bonchev–Trinajstić information content (AvgIpc) is 2.62. The molecular formula is C21H25NOS. The van der Waals surface area contributed by atoms with Crippen LogP contribution >= 0.6 is 11.8 Å². The van der Waals surface area contributed by atoms with Crippen LogP contribution < -0.4 is 0 Å². The molecule has 0 aromatic heterocycles. The first kappa shape index (κ1) is 17.1. The quantitative estimate of drug-likeness (QED) is 0.734. The highest BCUT2D eigenvalue weighted by molar-refractivity contribution is 8.01. The molecule has 1 fully saturated rings. The van der Waals surface area contributed by atoms with Gasteiger partial charge in [-0.3, -0.25) is 4.79 Å². The van der Waals surface area contributed by atoms with E-state index >= 15 is 0 Å². The van der Waals surface area contributed by atoms with Gasteiger partial charge >= 0.3 is 0 Å². The van der Waals surface area contributed by atoms with Gasteiger partial charge < -0.3 is 4.90 Å². The van der Waals surface area contributed by atoms with Crippen LogP contribution in [0.5, 0.6) is 0 Å². The van der Waals surface area contributed by atoms with Gasteiger partial charge in [-0.2, -0.15) is 0 Å². The lowest BCUT2D eigenvalue weighted by atomic mass is 9.90. The molecule has 0 N–H and O–H groups in total. The summed E-state index contributed by atoms with van der Waals surface area (Å²) in [7, 11) is 0. The van der Waals surface area contributed by atoms with E-state index in [-0.39, 0.29) is 5.91 Å². The topological polar surface area (TPSA) is 20.3 Å². The lowest BCUT2D eigenvalue weighted by Crippen LogP contribution is -2.47. The third kappa shape index (κ3) is 4.02. The molecule has 1 atom stereocenters. The number of benzene rings is 2. The van der Waals surface area contributed by atoms with Crippen molar-refractivity contribution in [2.75, 3.05) is 13.1 Å². The zero-order chi connectivity index (χ0) is 17.0. The number of carbonyl (C=O) groups excluding carboxylic acids is 1. The molecule has 2 aromatic carbocycles. The summed E-state index contributed by atoms with van der Waals surface area (Å²) >= 11 is 1.65. The van der Waals surface area contributed by atoms with Crippen molar-refractivity contribution in [3.05, 3.63) is 66.2 Å². The summed E-state index contributed by atoms with van der Waals surface area (Å²) in [6.07, 6.45) is 2.25. The summed E-state index contributed by atoms with van der Waals surface area (Å²) < 4.78 is -0.445. The predicted octanol–water partition coefficient (Wildman–Crippen LogP) is 4.96. The second-order valence-corrected chi connectivity index (χ2v) is 8.62. The SMILES string of the molecule is CC(C)(Sc1ccccc1)C(=O)N1CCCC(c2ccccc2)C1. The molecule has 3 rings (SSSR count). The Morgan fingerprint density at radius 1 is 1.04 bits per heavy atom. The largest absolute Gasteiger partial charge is 0.341 e. The highest BCUT2D eigenvalue weighted by Crippen LogP contribution is 2.36. The molecule has 1 aliphatic rings. The maximum atomic E-state index is 13.1. The van der Waals surface area contributed by atoms with Crippen molar-refractivity contribution in [3.8, 4) is 0 Å². The first-order valence-electron chi connectivity index (χ1n) is 8.64. The monoisotopic (exact) mass is 339 g/mol. The molecule has 0 saturated carbocycles. The second-order valence-electron chi connectivity index (χ2n) is 6.93. The molecule has 0 aliphatic carbocycles. The Balaban J connectivity index is 1.69. The molecule has 0 bridgehead atoms. The van der Waals surface area contributed by atoms with Crippen LogP contribution in [0.4, 0.5) is 0 Å². The maximum absolute atomic E-state index is 13.1. The van der Waals surface area contributed by atoms with Crippen molar-refractivity contribution in [3.63, 3.8) is 0 Å². The minimum atomic E-state index is -0.445. The fraction of sp³-hybridized carbons (Fsp3) is 0.381. The van der Waals surface area contributed by atoms with Crippen LogP contribution in [-0.4, -0.2) is 28.6 Å². The molecule has 2 aromatic rings. The van der Waals surface area contributed by atoms with Crippen molar-refractivity contribution in [1.82, 2.24) is 4.90 Å². The van der Waals surface area contributed by atoms with Gasteiger partial charge in [0, 0.05) is 23.9 Å². The van der Waals surface area contributed by atoms with E-state index in [0.717, 1.165) is 24.4 Å². The van der Waals surface area contributed by atoms with Crippen LogP contribution in [0.25, 0.3) is 0 Å². The third-order valence-electron chi connectivity index (χ3n) is 4.61. The highest BCUT2D eigenvalue weighted by atomic mass is 32.2. The van der Waals surface area contributed by atoms with E-state index in [0.29, 0.717) is 5.92 Å². The van der Waals surface area contributed by atoms with E-state index in [9.17, 15) is 4.79 Å². The lowest BCUT2D eigenvalue weighted by Gasteiger charge is -2.37. The normalized spacial score (nSPS) is 18.4. The van der Waals surface area contributed by atoms with E-state index in [1.165, 1.54) is 12.0 Å². The van der Waals surface area contributed by atoms with Gasteiger partial charge in [0.25, 0.3) is 0 Å². The van der Waals surface area contributed by atoms with Crippen molar-refractivity contribution in [1.29, 1.82) is 0 Å². The van der Waals surface area contributed by atoms with Gasteiger partial charge in [-0.15, -0.1) is 11.8 Å². The van der Waals surface area contributed by atoms with Crippen molar-refractivity contribution in [2.45, 2.75) is 42.2 Å². The summed E-state index contributed by atoms with van der Waals surface area (Å²) in [5, 5.41) is 0. The van der Waals surface area contributed by atoms with E-state index in [1.807, 2.05) is 32.0 Å². The fourth-order valence-corrected chi connectivity index (χ4v) is 4.47. The highest BCUT2D eigenvalue weighted by Gasteiger charge is 2.35. The summed E-state index contributed by atoms with van der Waals surface area (Å²) in [4.78, 5) is 16.3. The van der Waals surface area contributed by atoms with Crippen molar-refractivity contribution < 1.29 is 4.79 Å². The van der Waals surface area contributed by atoms with Gasteiger partial charge in [-0.1, -0.05) is 48.5 Å². The number of rotatable bonds is 4. The standard InChI is InChI=1S/C21H25NOS/c1-21(2,24-19-13-7-4-8-14-19)20(23)22-15-9-12-18(16-22)17-10-5-3-6-11-17/h3-8,10-11,13-14,18H,9,12,15-16H2,1-2H3. The molecule has 0 spiro atoms. The number of hydrogen-bond acceptors (Lipinski definition) is 2.